The minimum absolute atomic E-state index is 0.00333. The molecule has 2 aromatic heterocycles. The maximum Gasteiger partial charge on any atom is 0.418 e. The van der Waals surface area contributed by atoms with Gasteiger partial charge in [0.2, 0.25) is 0 Å². The highest BCUT2D eigenvalue weighted by Gasteiger charge is 2.41. The molecule has 0 aliphatic rings. The van der Waals surface area contributed by atoms with Crippen LogP contribution in [0.1, 0.15) is 11.7 Å². The average molecular weight is 317 g/mol. The lowest BCUT2D eigenvalue weighted by Crippen LogP contribution is -2.20. The van der Waals surface area contributed by atoms with Gasteiger partial charge in [-0.3, -0.25) is 0 Å². The van der Waals surface area contributed by atoms with Crippen molar-refractivity contribution in [1.82, 2.24) is 19.5 Å². The van der Waals surface area contributed by atoms with Crippen LogP contribution in [0.2, 0.25) is 0 Å². The summed E-state index contributed by atoms with van der Waals surface area (Å²) < 4.78 is 44.5. The lowest BCUT2D eigenvalue weighted by atomic mass is 10.1. The van der Waals surface area contributed by atoms with Gasteiger partial charge in [-0.05, 0) is 0 Å². The summed E-state index contributed by atoms with van der Waals surface area (Å²) in [6, 6.07) is 0. The first-order chi connectivity index (χ1) is 10.3. The second-order valence-electron chi connectivity index (χ2n) is 4.65. The van der Waals surface area contributed by atoms with Gasteiger partial charge in [0.15, 0.2) is 17.7 Å². The van der Waals surface area contributed by atoms with Crippen LogP contribution < -0.4 is 4.74 Å². The molecular weight excluding hydrogens is 303 g/mol. The van der Waals surface area contributed by atoms with E-state index in [2.05, 4.69) is 15.1 Å². The van der Waals surface area contributed by atoms with Gasteiger partial charge in [-0.1, -0.05) is 0 Å². The maximum absolute atomic E-state index is 12.8. The number of hydrogen-bond acceptors (Lipinski definition) is 5. The fourth-order valence-electron chi connectivity index (χ4n) is 1.80. The van der Waals surface area contributed by atoms with E-state index in [1.54, 1.807) is 19.0 Å². The van der Waals surface area contributed by atoms with E-state index in [9.17, 15) is 18.3 Å². The van der Waals surface area contributed by atoms with Gasteiger partial charge < -0.3 is 14.7 Å². The van der Waals surface area contributed by atoms with E-state index in [1.807, 2.05) is 0 Å². The first-order valence-corrected chi connectivity index (χ1v) is 6.11. The molecule has 1 unspecified atom stereocenters. The largest absolute Gasteiger partial charge is 0.491 e. The van der Waals surface area contributed by atoms with Gasteiger partial charge in [0, 0.05) is 19.7 Å². The van der Waals surface area contributed by atoms with Gasteiger partial charge in [-0.25, -0.2) is 14.5 Å². The standard InChI is InChI=1S/C12H14F3N5O2/c1-19(2)5-16-11-9(22-3)8-7(10(21)12(13,14)15)4-18-20(8)6-17-11/h4-6,10,21H,1-3H3. The normalized spacial score (nSPS) is 13.8. The smallest absolute Gasteiger partial charge is 0.418 e. The molecule has 0 bridgehead atoms. The van der Waals surface area contributed by atoms with Crippen molar-refractivity contribution in [2.24, 2.45) is 4.99 Å². The second-order valence-corrected chi connectivity index (χ2v) is 4.65. The van der Waals surface area contributed by atoms with E-state index < -0.39 is 17.8 Å². The Kier molecular flexibility index (Phi) is 4.22. The Bertz CT molecular complexity index is 696. The fraction of sp³-hybridized carbons (Fsp3) is 0.417. The highest BCUT2D eigenvalue weighted by Crippen LogP contribution is 2.39. The van der Waals surface area contributed by atoms with Crippen molar-refractivity contribution < 1.29 is 23.0 Å². The van der Waals surface area contributed by atoms with Crippen molar-refractivity contribution in [2.75, 3.05) is 21.2 Å². The Hall–Kier alpha value is -2.36. The molecule has 0 saturated heterocycles. The third kappa shape index (κ3) is 2.96. The number of aliphatic imine (C=N–C) groups is 1. The van der Waals surface area contributed by atoms with E-state index in [1.165, 1.54) is 19.8 Å². The van der Waals surface area contributed by atoms with Gasteiger partial charge in [-0.15, -0.1) is 0 Å². The summed E-state index contributed by atoms with van der Waals surface area (Å²) in [4.78, 5) is 9.63. The number of hydrogen-bond donors (Lipinski definition) is 1. The molecule has 0 radical (unpaired) electrons. The number of fused-ring (bicyclic) bond motifs is 1. The molecule has 0 spiro atoms. The van der Waals surface area contributed by atoms with Crippen LogP contribution in [-0.2, 0) is 0 Å². The van der Waals surface area contributed by atoms with Crippen molar-refractivity contribution in [1.29, 1.82) is 0 Å². The van der Waals surface area contributed by atoms with E-state index >= 15 is 0 Å². The van der Waals surface area contributed by atoms with Gasteiger partial charge in [0.1, 0.15) is 11.8 Å². The molecule has 22 heavy (non-hydrogen) atoms. The molecule has 7 nitrogen and oxygen atoms in total. The van der Waals surface area contributed by atoms with Gasteiger partial charge in [0.05, 0.1) is 19.6 Å². The molecule has 0 aliphatic carbocycles. The summed E-state index contributed by atoms with van der Waals surface area (Å²) in [6.07, 6.45) is -3.93. The molecule has 0 amide bonds. The van der Waals surface area contributed by atoms with E-state index in [0.717, 1.165) is 10.7 Å². The fourth-order valence-corrected chi connectivity index (χ4v) is 1.80. The molecule has 0 fully saturated rings. The highest BCUT2D eigenvalue weighted by molar-refractivity contribution is 5.74. The first-order valence-electron chi connectivity index (χ1n) is 6.11. The number of aromatic nitrogens is 3. The van der Waals surface area contributed by atoms with Crippen LogP contribution >= 0.6 is 0 Å². The third-order valence-electron chi connectivity index (χ3n) is 2.75. The molecular formula is C12H14F3N5O2. The SMILES string of the molecule is COc1c(N=CN(C)C)ncn2ncc(C(O)C(F)(F)F)c12. The van der Waals surface area contributed by atoms with Crippen molar-refractivity contribution in [2.45, 2.75) is 12.3 Å². The predicted molar refractivity (Wildman–Crippen MR) is 72.4 cm³/mol. The topological polar surface area (TPSA) is 75.2 Å². The molecule has 0 aliphatic heterocycles. The monoisotopic (exact) mass is 317 g/mol. The molecule has 2 rings (SSSR count). The summed E-state index contributed by atoms with van der Waals surface area (Å²) in [5.41, 5.74) is -0.457. The Labute approximate surface area is 123 Å². The van der Waals surface area contributed by atoms with E-state index in [4.69, 9.17) is 4.74 Å². The second kappa shape index (κ2) is 5.79. The first kappa shape index (κ1) is 16.0. The number of alkyl halides is 3. The van der Waals surface area contributed by atoms with Crippen LogP contribution in [0.15, 0.2) is 17.5 Å². The Morgan fingerprint density at radius 3 is 2.68 bits per heavy atom. The van der Waals surface area contributed by atoms with E-state index in [0.29, 0.717) is 0 Å². The van der Waals surface area contributed by atoms with Crippen LogP contribution in [0.3, 0.4) is 0 Å². The molecule has 1 atom stereocenters. The minimum Gasteiger partial charge on any atom is -0.491 e. The van der Waals surface area contributed by atoms with Crippen LogP contribution in [-0.4, -0.2) is 58.3 Å². The predicted octanol–water partition coefficient (Wildman–Crippen LogP) is 1.55. The third-order valence-corrected chi connectivity index (χ3v) is 2.75. The quantitative estimate of drug-likeness (QED) is 0.684. The number of halogens is 3. The zero-order chi connectivity index (χ0) is 16.5. The Morgan fingerprint density at radius 2 is 2.14 bits per heavy atom. The van der Waals surface area contributed by atoms with Crippen LogP contribution in [0.25, 0.3) is 5.52 Å². The van der Waals surface area contributed by atoms with Crippen LogP contribution in [0.4, 0.5) is 19.0 Å². The Balaban J connectivity index is 2.64. The van der Waals surface area contributed by atoms with Crippen molar-refractivity contribution in [3.8, 4) is 5.75 Å². The lowest BCUT2D eigenvalue weighted by molar-refractivity contribution is -0.206. The zero-order valence-corrected chi connectivity index (χ0v) is 12.0. The summed E-state index contributed by atoms with van der Waals surface area (Å²) in [5, 5.41) is 13.2. The van der Waals surface area contributed by atoms with E-state index in [-0.39, 0.29) is 17.1 Å². The summed E-state index contributed by atoms with van der Waals surface area (Å²) in [7, 11) is 4.74. The molecule has 2 heterocycles. The molecule has 2 aromatic rings. The van der Waals surface area contributed by atoms with Crippen LogP contribution in [0, 0.1) is 0 Å². The molecule has 10 heteroatoms. The number of methoxy groups -OCH3 is 1. The summed E-state index contributed by atoms with van der Waals surface area (Å²) in [5.74, 6) is 0.0798. The average Bonchev–Trinajstić information content (AvgIpc) is 2.86. The summed E-state index contributed by atoms with van der Waals surface area (Å²) in [6.45, 7) is 0. The molecule has 120 valence electrons. The number of ether oxygens (including phenoxy) is 1. The van der Waals surface area contributed by atoms with Crippen LogP contribution in [0.5, 0.6) is 5.75 Å². The van der Waals surface area contributed by atoms with Gasteiger partial charge >= 0.3 is 6.18 Å². The maximum atomic E-state index is 12.8. The summed E-state index contributed by atoms with van der Waals surface area (Å²) >= 11 is 0. The number of aliphatic hydroxyl groups is 1. The molecule has 0 saturated carbocycles. The molecule has 0 aromatic carbocycles. The number of aliphatic hydroxyl groups excluding tert-OH is 1. The highest BCUT2D eigenvalue weighted by atomic mass is 19.4. The Morgan fingerprint density at radius 1 is 1.45 bits per heavy atom. The minimum atomic E-state index is -4.81. The molecule has 1 N–H and O–H groups in total. The van der Waals surface area contributed by atoms with Crippen molar-refractivity contribution in [3.63, 3.8) is 0 Å². The number of nitrogens with zero attached hydrogens (tertiary/aromatic N) is 5. The van der Waals surface area contributed by atoms with Crippen molar-refractivity contribution >= 4 is 17.7 Å². The zero-order valence-electron chi connectivity index (χ0n) is 12.0. The number of rotatable bonds is 4. The van der Waals surface area contributed by atoms with Crippen molar-refractivity contribution in [3.05, 3.63) is 18.1 Å². The lowest BCUT2D eigenvalue weighted by Gasteiger charge is -2.14. The van der Waals surface area contributed by atoms with Gasteiger partial charge in [-0.2, -0.15) is 18.3 Å². The van der Waals surface area contributed by atoms with Gasteiger partial charge in [0.25, 0.3) is 0 Å².